The number of piperidine rings is 1. The Hall–Kier alpha value is -0.950. The van der Waals surface area contributed by atoms with E-state index in [2.05, 4.69) is 27.3 Å². The van der Waals surface area contributed by atoms with Crippen molar-refractivity contribution in [3.05, 3.63) is 22.4 Å². The second-order valence-corrected chi connectivity index (χ2v) is 8.82. The summed E-state index contributed by atoms with van der Waals surface area (Å²) in [6.45, 7) is 6.56. The number of rotatable bonds is 10. The lowest BCUT2D eigenvalue weighted by atomic mass is 9.95. The molecule has 27 heavy (non-hydrogen) atoms. The molecule has 0 N–H and O–H groups in total. The Bertz CT molecular complexity index is 538. The van der Waals surface area contributed by atoms with Gasteiger partial charge in [0, 0.05) is 44.6 Å². The van der Waals surface area contributed by atoms with E-state index in [1.54, 1.807) is 18.4 Å². The van der Waals surface area contributed by atoms with Gasteiger partial charge >= 0.3 is 0 Å². The van der Waals surface area contributed by atoms with Crippen molar-refractivity contribution in [3.8, 4) is 0 Å². The zero-order chi connectivity index (χ0) is 18.9. The van der Waals surface area contributed by atoms with E-state index in [4.69, 9.17) is 9.47 Å². The second kappa shape index (κ2) is 11.1. The molecule has 3 rings (SSSR count). The molecular weight excluding hydrogens is 360 g/mol. The van der Waals surface area contributed by atoms with Crippen molar-refractivity contribution < 1.29 is 14.3 Å². The molecule has 5 nitrogen and oxygen atoms in total. The van der Waals surface area contributed by atoms with E-state index in [9.17, 15) is 4.79 Å². The Kier molecular flexibility index (Phi) is 8.58. The summed E-state index contributed by atoms with van der Waals surface area (Å²) in [5.74, 6) is 0.900. The average Bonchev–Trinajstić information content (AvgIpc) is 3.39. The summed E-state index contributed by atoms with van der Waals surface area (Å²) in [5.41, 5.74) is 0. The maximum Gasteiger partial charge on any atom is 0.223 e. The van der Waals surface area contributed by atoms with Gasteiger partial charge in [0.25, 0.3) is 0 Å². The lowest BCUT2D eigenvalue weighted by Crippen LogP contribution is -2.44. The van der Waals surface area contributed by atoms with Gasteiger partial charge in [-0.25, -0.2) is 0 Å². The molecule has 1 atom stereocenters. The summed E-state index contributed by atoms with van der Waals surface area (Å²) in [5, 5.41) is 2.08. The van der Waals surface area contributed by atoms with E-state index in [1.807, 2.05) is 0 Å². The van der Waals surface area contributed by atoms with Crippen LogP contribution in [0.3, 0.4) is 0 Å². The van der Waals surface area contributed by atoms with Crippen molar-refractivity contribution in [1.82, 2.24) is 9.80 Å². The third kappa shape index (κ3) is 6.86. The molecule has 3 heterocycles. The Labute approximate surface area is 167 Å². The molecule has 0 aromatic carbocycles. The summed E-state index contributed by atoms with van der Waals surface area (Å²) in [7, 11) is 1.76. The summed E-state index contributed by atoms with van der Waals surface area (Å²) in [6.07, 6.45) is 6.25. The topological polar surface area (TPSA) is 42.0 Å². The Morgan fingerprint density at radius 2 is 2.19 bits per heavy atom. The van der Waals surface area contributed by atoms with Crippen LogP contribution in [0, 0.1) is 5.92 Å². The van der Waals surface area contributed by atoms with Gasteiger partial charge in [0.15, 0.2) is 0 Å². The molecule has 6 heteroatoms. The minimum atomic E-state index is 0.234. The zero-order valence-corrected chi connectivity index (χ0v) is 17.4. The van der Waals surface area contributed by atoms with Crippen LogP contribution < -0.4 is 0 Å². The molecule has 2 fully saturated rings. The lowest BCUT2D eigenvalue weighted by Gasteiger charge is -2.35. The van der Waals surface area contributed by atoms with Crippen LogP contribution in [-0.4, -0.2) is 74.9 Å². The third-order valence-electron chi connectivity index (χ3n) is 5.76. The predicted octanol–water partition coefficient (Wildman–Crippen LogP) is 3.05. The molecule has 2 saturated heterocycles. The normalized spacial score (nSPS) is 21.6. The van der Waals surface area contributed by atoms with Gasteiger partial charge in [-0.3, -0.25) is 4.79 Å². The largest absolute Gasteiger partial charge is 0.383 e. The molecule has 0 spiro atoms. The number of nitrogens with zero attached hydrogens (tertiary/aromatic N) is 2. The van der Waals surface area contributed by atoms with Crippen molar-refractivity contribution in [3.63, 3.8) is 0 Å². The number of likely N-dealkylation sites (tertiary alicyclic amines) is 1. The van der Waals surface area contributed by atoms with Crippen molar-refractivity contribution in [2.75, 3.05) is 53.0 Å². The number of carbonyl (C=O) groups excluding carboxylic acids is 1. The second-order valence-electron chi connectivity index (χ2n) is 7.79. The van der Waals surface area contributed by atoms with Crippen LogP contribution in [-0.2, 0) is 20.7 Å². The molecule has 0 saturated carbocycles. The van der Waals surface area contributed by atoms with Gasteiger partial charge in [-0.2, -0.15) is 0 Å². The molecule has 1 aromatic rings. The van der Waals surface area contributed by atoms with E-state index in [-0.39, 0.29) is 6.10 Å². The highest BCUT2D eigenvalue weighted by atomic mass is 32.1. The molecule has 1 aromatic heterocycles. The molecule has 1 amide bonds. The molecule has 2 aliphatic rings. The van der Waals surface area contributed by atoms with E-state index in [1.165, 1.54) is 17.7 Å². The van der Waals surface area contributed by atoms with E-state index >= 15 is 0 Å². The first-order chi connectivity index (χ1) is 13.2. The lowest BCUT2D eigenvalue weighted by molar-refractivity contribution is -0.133. The molecule has 0 unspecified atom stereocenters. The highest BCUT2D eigenvalue weighted by molar-refractivity contribution is 7.09. The fourth-order valence-electron chi connectivity index (χ4n) is 4.08. The SMILES string of the molecule is COCCN1CCC(CN(C[C@H]2CCCO2)C(=O)CCc2cccs2)CC1. The minimum Gasteiger partial charge on any atom is -0.383 e. The molecule has 0 bridgehead atoms. The van der Waals surface area contributed by atoms with E-state index < -0.39 is 0 Å². The number of ether oxygens (including phenoxy) is 2. The fraction of sp³-hybridized carbons (Fsp3) is 0.762. The molecule has 2 aliphatic heterocycles. The summed E-state index contributed by atoms with van der Waals surface area (Å²) in [4.78, 5) is 18.8. The first kappa shape index (κ1) is 20.8. The first-order valence-corrected chi connectivity index (χ1v) is 11.3. The van der Waals surface area contributed by atoms with Crippen LogP contribution in [0.1, 0.15) is 37.0 Å². The summed E-state index contributed by atoms with van der Waals surface area (Å²) >= 11 is 1.74. The van der Waals surface area contributed by atoms with Crippen LogP contribution in [0.25, 0.3) is 0 Å². The number of carbonyl (C=O) groups is 1. The van der Waals surface area contributed by atoms with Crippen LogP contribution in [0.15, 0.2) is 17.5 Å². The molecule has 0 radical (unpaired) electrons. The number of aryl methyl sites for hydroxylation is 1. The van der Waals surface area contributed by atoms with E-state index in [0.717, 1.165) is 65.2 Å². The number of hydrogen-bond acceptors (Lipinski definition) is 5. The van der Waals surface area contributed by atoms with Gasteiger partial charge in [-0.1, -0.05) is 6.07 Å². The zero-order valence-electron chi connectivity index (χ0n) is 16.6. The van der Waals surface area contributed by atoms with Gasteiger partial charge in [0.05, 0.1) is 12.7 Å². The van der Waals surface area contributed by atoms with Gasteiger partial charge < -0.3 is 19.3 Å². The maximum absolute atomic E-state index is 13.0. The summed E-state index contributed by atoms with van der Waals surface area (Å²) < 4.78 is 11.0. The van der Waals surface area contributed by atoms with Gasteiger partial charge in [-0.05, 0) is 62.6 Å². The van der Waals surface area contributed by atoms with Crippen LogP contribution in [0.2, 0.25) is 0 Å². The van der Waals surface area contributed by atoms with Crippen LogP contribution in [0.5, 0.6) is 0 Å². The minimum absolute atomic E-state index is 0.234. The smallest absolute Gasteiger partial charge is 0.223 e. The Balaban J connectivity index is 1.49. The number of methoxy groups -OCH3 is 1. The van der Waals surface area contributed by atoms with Crippen LogP contribution in [0.4, 0.5) is 0 Å². The number of amides is 1. The van der Waals surface area contributed by atoms with Gasteiger partial charge in [0.2, 0.25) is 5.91 Å². The van der Waals surface area contributed by atoms with Gasteiger partial charge in [0.1, 0.15) is 0 Å². The Morgan fingerprint density at radius 3 is 2.85 bits per heavy atom. The first-order valence-electron chi connectivity index (χ1n) is 10.4. The highest BCUT2D eigenvalue weighted by Gasteiger charge is 2.27. The third-order valence-corrected chi connectivity index (χ3v) is 6.70. The van der Waals surface area contributed by atoms with Crippen molar-refractivity contribution >= 4 is 17.2 Å². The maximum atomic E-state index is 13.0. The molecule has 152 valence electrons. The van der Waals surface area contributed by atoms with Crippen molar-refractivity contribution in [1.29, 1.82) is 0 Å². The van der Waals surface area contributed by atoms with Gasteiger partial charge in [-0.15, -0.1) is 11.3 Å². The van der Waals surface area contributed by atoms with E-state index in [0.29, 0.717) is 18.2 Å². The Morgan fingerprint density at radius 1 is 1.33 bits per heavy atom. The molecular formula is C21H34N2O3S. The predicted molar refractivity (Wildman–Crippen MR) is 109 cm³/mol. The number of hydrogen-bond donors (Lipinski definition) is 0. The van der Waals surface area contributed by atoms with Crippen molar-refractivity contribution in [2.24, 2.45) is 5.92 Å². The quantitative estimate of drug-likeness (QED) is 0.612. The summed E-state index contributed by atoms with van der Waals surface area (Å²) in [6, 6.07) is 4.18. The highest BCUT2D eigenvalue weighted by Crippen LogP contribution is 2.21. The molecule has 0 aliphatic carbocycles. The van der Waals surface area contributed by atoms with Crippen molar-refractivity contribution in [2.45, 2.75) is 44.6 Å². The standard InChI is InChI=1S/C21H34N2O3S/c1-25-14-12-22-10-8-18(9-11-22)16-23(17-19-4-2-13-26-19)21(24)7-6-20-5-3-15-27-20/h3,5,15,18-19H,2,4,6-14,16-17H2,1H3/t19-/m1/s1. The number of thiophene rings is 1. The fourth-order valence-corrected chi connectivity index (χ4v) is 4.79. The average molecular weight is 395 g/mol. The monoisotopic (exact) mass is 394 g/mol. The van der Waals surface area contributed by atoms with Crippen LogP contribution >= 0.6 is 11.3 Å².